The molecule has 2 rings (SSSR count). The second-order valence-electron chi connectivity index (χ2n) is 6.26. The minimum Gasteiger partial charge on any atom is -0.381 e. The van der Waals surface area contributed by atoms with E-state index in [9.17, 15) is 9.59 Å². The third-order valence-electron chi connectivity index (χ3n) is 4.76. The summed E-state index contributed by atoms with van der Waals surface area (Å²) in [6.45, 7) is 8.73. The summed E-state index contributed by atoms with van der Waals surface area (Å²) in [6, 6.07) is 0. The highest BCUT2D eigenvalue weighted by Crippen LogP contribution is 2.32. The van der Waals surface area contributed by atoms with E-state index in [4.69, 9.17) is 10.5 Å². The van der Waals surface area contributed by atoms with Crippen LogP contribution in [0.25, 0.3) is 0 Å². The Balaban J connectivity index is 1.82. The van der Waals surface area contributed by atoms with E-state index in [1.807, 2.05) is 4.90 Å². The van der Waals surface area contributed by atoms with Crippen LogP contribution in [0.4, 0.5) is 0 Å². The topological polar surface area (TPSA) is 87.9 Å². The smallest absolute Gasteiger partial charge is 0.234 e. The van der Waals surface area contributed by atoms with E-state index in [-0.39, 0.29) is 11.8 Å². The lowest BCUT2D eigenvalue weighted by Crippen LogP contribution is -2.57. The maximum absolute atomic E-state index is 12.9. The zero-order chi connectivity index (χ0) is 16.7. The minimum absolute atomic E-state index is 0.00691. The summed E-state index contributed by atoms with van der Waals surface area (Å²) in [5.41, 5.74) is 5.45. The second kappa shape index (κ2) is 8.42. The van der Waals surface area contributed by atoms with Crippen molar-refractivity contribution in [1.29, 1.82) is 0 Å². The maximum Gasteiger partial charge on any atom is 0.234 e. The number of carbonyl (C=O) groups is 2. The summed E-state index contributed by atoms with van der Waals surface area (Å²) < 4.78 is 5.37. The summed E-state index contributed by atoms with van der Waals surface area (Å²) >= 11 is 0. The van der Waals surface area contributed by atoms with E-state index >= 15 is 0 Å². The van der Waals surface area contributed by atoms with Gasteiger partial charge in [0.25, 0.3) is 0 Å². The number of rotatable bonds is 6. The molecule has 0 saturated carbocycles. The molecular weight excluding hydrogens is 296 g/mol. The Labute approximate surface area is 137 Å². The lowest BCUT2D eigenvalue weighted by molar-refractivity contribution is -0.149. The van der Waals surface area contributed by atoms with Crippen LogP contribution in [-0.2, 0) is 14.3 Å². The van der Waals surface area contributed by atoms with Crippen molar-refractivity contribution in [3.05, 3.63) is 12.7 Å². The lowest BCUT2D eigenvalue weighted by Gasteiger charge is -2.42. The fraction of sp³-hybridized carbons (Fsp3) is 0.750. The largest absolute Gasteiger partial charge is 0.381 e. The number of nitrogens with one attached hydrogen (secondary N) is 1. The molecule has 2 saturated heterocycles. The van der Waals surface area contributed by atoms with Crippen LogP contribution in [0.5, 0.6) is 0 Å². The third kappa shape index (κ3) is 4.53. The Hall–Kier alpha value is -1.44. The van der Waals surface area contributed by atoms with Crippen molar-refractivity contribution in [2.75, 3.05) is 59.0 Å². The van der Waals surface area contributed by atoms with Crippen LogP contribution in [0.3, 0.4) is 0 Å². The van der Waals surface area contributed by atoms with Crippen molar-refractivity contribution in [3.63, 3.8) is 0 Å². The number of carbonyl (C=O) groups excluding carboxylic acids is 2. The molecule has 2 aliphatic rings. The van der Waals surface area contributed by atoms with Gasteiger partial charge in [0.15, 0.2) is 0 Å². The second-order valence-corrected chi connectivity index (χ2v) is 6.26. The summed E-state index contributed by atoms with van der Waals surface area (Å²) in [5, 5.41) is 2.77. The molecule has 7 heteroatoms. The van der Waals surface area contributed by atoms with Crippen molar-refractivity contribution >= 4 is 11.8 Å². The van der Waals surface area contributed by atoms with Gasteiger partial charge in [-0.25, -0.2) is 0 Å². The van der Waals surface area contributed by atoms with Crippen LogP contribution in [0.1, 0.15) is 12.8 Å². The van der Waals surface area contributed by atoms with Gasteiger partial charge < -0.3 is 20.7 Å². The van der Waals surface area contributed by atoms with E-state index in [0.29, 0.717) is 71.9 Å². The molecule has 0 aromatic rings. The molecule has 0 spiro atoms. The maximum atomic E-state index is 12.9. The summed E-state index contributed by atoms with van der Waals surface area (Å²) in [5.74, 6) is 0.145. The molecule has 0 aromatic carbocycles. The van der Waals surface area contributed by atoms with E-state index < -0.39 is 5.41 Å². The highest BCUT2D eigenvalue weighted by atomic mass is 16.5. The molecule has 0 aliphatic carbocycles. The van der Waals surface area contributed by atoms with Gasteiger partial charge in [0.1, 0.15) is 0 Å². The van der Waals surface area contributed by atoms with Crippen LogP contribution >= 0.6 is 0 Å². The van der Waals surface area contributed by atoms with Crippen LogP contribution in [0, 0.1) is 5.41 Å². The van der Waals surface area contributed by atoms with Crippen molar-refractivity contribution in [1.82, 2.24) is 15.1 Å². The van der Waals surface area contributed by atoms with E-state index in [1.54, 1.807) is 6.08 Å². The molecule has 2 amide bonds. The predicted molar refractivity (Wildman–Crippen MR) is 87.8 cm³/mol. The first-order valence-electron chi connectivity index (χ1n) is 8.28. The molecule has 23 heavy (non-hydrogen) atoms. The molecule has 130 valence electrons. The predicted octanol–water partition coefficient (Wildman–Crippen LogP) is -0.812. The average Bonchev–Trinajstić information content (AvgIpc) is 2.60. The molecule has 0 radical (unpaired) electrons. The van der Waals surface area contributed by atoms with Gasteiger partial charge in [-0.15, -0.1) is 6.58 Å². The fourth-order valence-electron chi connectivity index (χ4n) is 3.16. The molecule has 0 atom stereocenters. The molecular formula is C16H28N4O3. The summed E-state index contributed by atoms with van der Waals surface area (Å²) in [7, 11) is 0. The Bertz CT molecular complexity index is 427. The zero-order valence-corrected chi connectivity index (χ0v) is 13.8. The Kier molecular flexibility index (Phi) is 6.56. The highest BCUT2D eigenvalue weighted by Gasteiger charge is 2.42. The van der Waals surface area contributed by atoms with Crippen LogP contribution < -0.4 is 11.1 Å². The molecule has 7 nitrogen and oxygen atoms in total. The minimum atomic E-state index is -0.457. The van der Waals surface area contributed by atoms with E-state index in [2.05, 4.69) is 16.8 Å². The molecule has 2 aliphatic heterocycles. The van der Waals surface area contributed by atoms with Crippen molar-refractivity contribution < 1.29 is 14.3 Å². The number of ether oxygens (including phenoxy) is 1. The van der Waals surface area contributed by atoms with Gasteiger partial charge in [0.2, 0.25) is 11.8 Å². The number of hydrogen-bond acceptors (Lipinski definition) is 5. The number of hydrogen-bond donors (Lipinski definition) is 2. The van der Waals surface area contributed by atoms with Crippen LogP contribution in [-0.4, -0.2) is 80.6 Å². The van der Waals surface area contributed by atoms with Gasteiger partial charge in [-0.3, -0.25) is 14.5 Å². The molecule has 3 N–H and O–H groups in total. The summed E-state index contributed by atoms with van der Waals surface area (Å²) in [6.07, 6.45) is 3.06. The first kappa shape index (κ1) is 17.9. The molecule has 2 fully saturated rings. The average molecular weight is 324 g/mol. The number of amides is 2. The van der Waals surface area contributed by atoms with Crippen molar-refractivity contribution in [3.8, 4) is 0 Å². The van der Waals surface area contributed by atoms with Gasteiger partial charge in [-0.1, -0.05) is 6.08 Å². The fourth-order valence-corrected chi connectivity index (χ4v) is 3.16. The Morgan fingerprint density at radius 2 is 1.87 bits per heavy atom. The molecule has 0 bridgehead atoms. The Morgan fingerprint density at radius 1 is 1.22 bits per heavy atom. The molecule has 0 unspecified atom stereocenters. The van der Waals surface area contributed by atoms with Gasteiger partial charge >= 0.3 is 0 Å². The number of nitrogens with two attached hydrogens (primary N) is 1. The lowest BCUT2D eigenvalue weighted by atomic mass is 9.78. The third-order valence-corrected chi connectivity index (χ3v) is 4.76. The quantitative estimate of drug-likeness (QED) is 0.624. The monoisotopic (exact) mass is 324 g/mol. The standard InChI is InChI=1S/C16H28N4O3/c1-2-5-18-14(21)12-19-6-8-20(9-7-19)15(22)16(13-17)3-10-23-11-4-16/h2H,1,3-13,17H2,(H,18,21). The van der Waals surface area contributed by atoms with Crippen LogP contribution in [0.15, 0.2) is 12.7 Å². The first-order chi connectivity index (χ1) is 11.1. The number of piperazine rings is 1. The summed E-state index contributed by atoms with van der Waals surface area (Å²) in [4.78, 5) is 28.5. The highest BCUT2D eigenvalue weighted by molar-refractivity contribution is 5.83. The molecule has 0 aromatic heterocycles. The zero-order valence-electron chi connectivity index (χ0n) is 13.8. The van der Waals surface area contributed by atoms with Crippen LogP contribution in [0.2, 0.25) is 0 Å². The molecule has 2 heterocycles. The van der Waals surface area contributed by atoms with E-state index in [1.165, 1.54) is 0 Å². The number of nitrogens with zero attached hydrogens (tertiary/aromatic N) is 2. The van der Waals surface area contributed by atoms with Gasteiger partial charge in [-0.05, 0) is 12.8 Å². The van der Waals surface area contributed by atoms with Gasteiger partial charge in [0.05, 0.1) is 12.0 Å². The van der Waals surface area contributed by atoms with E-state index in [0.717, 1.165) is 0 Å². The van der Waals surface area contributed by atoms with Gasteiger partial charge in [-0.2, -0.15) is 0 Å². The van der Waals surface area contributed by atoms with Crippen molar-refractivity contribution in [2.45, 2.75) is 12.8 Å². The SMILES string of the molecule is C=CCNC(=O)CN1CCN(C(=O)C2(CN)CCOCC2)CC1. The van der Waals surface area contributed by atoms with Crippen molar-refractivity contribution in [2.24, 2.45) is 11.1 Å². The normalized spacial score (nSPS) is 21.7. The van der Waals surface area contributed by atoms with Gasteiger partial charge in [0, 0.05) is 52.5 Å². The first-order valence-corrected chi connectivity index (χ1v) is 8.28. The Morgan fingerprint density at radius 3 is 2.43 bits per heavy atom.